The van der Waals surface area contributed by atoms with E-state index in [-0.39, 0.29) is 16.9 Å². The molecule has 0 bridgehead atoms. The Kier molecular flexibility index (Phi) is 3.06. The molecule has 1 amide bonds. The molecule has 1 heterocycles. The summed E-state index contributed by atoms with van der Waals surface area (Å²) >= 11 is 0. The molecule has 0 unspecified atom stereocenters. The number of aryl methyl sites for hydroxylation is 1. The molecule has 1 N–H and O–H groups in total. The number of hydrogen-bond donors (Lipinski definition) is 1. The largest absolute Gasteiger partial charge is 0.481 e. The Labute approximate surface area is 104 Å². The van der Waals surface area contributed by atoms with Gasteiger partial charge in [-0.25, -0.2) is 0 Å². The first-order chi connectivity index (χ1) is 8.61. The van der Waals surface area contributed by atoms with E-state index in [0.717, 1.165) is 5.52 Å². The number of methoxy groups -OCH3 is 1. The molecule has 0 fully saturated rings. The summed E-state index contributed by atoms with van der Waals surface area (Å²) in [5, 5.41) is 2.96. The molecule has 0 aliphatic carbocycles. The third-order valence-corrected chi connectivity index (χ3v) is 2.90. The highest BCUT2D eigenvalue weighted by atomic mass is 16.5. The minimum absolute atomic E-state index is 0.0289. The molecule has 2 aromatic rings. The lowest BCUT2D eigenvalue weighted by atomic mass is 10.1. The highest BCUT2D eigenvalue weighted by Crippen LogP contribution is 2.20. The molecule has 0 spiro atoms. The first kappa shape index (κ1) is 12.2. The van der Waals surface area contributed by atoms with Crippen molar-refractivity contribution in [1.82, 2.24) is 9.88 Å². The third kappa shape index (κ3) is 1.64. The summed E-state index contributed by atoms with van der Waals surface area (Å²) < 4.78 is 6.89. The lowest BCUT2D eigenvalue weighted by Crippen LogP contribution is -2.28. The summed E-state index contributed by atoms with van der Waals surface area (Å²) in [6.07, 6.45) is 0. The van der Waals surface area contributed by atoms with Gasteiger partial charge in [-0.3, -0.25) is 9.59 Å². The Balaban J connectivity index is 2.97. The van der Waals surface area contributed by atoms with Gasteiger partial charge in [0.1, 0.15) is 5.56 Å². The van der Waals surface area contributed by atoms with Crippen molar-refractivity contribution in [3.05, 3.63) is 40.1 Å². The molecular formula is C13H14N2O3. The predicted octanol–water partition coefficient (Wildman–Crippen LogP) is 0.907. The van der Waals surface area contributed by atoms with E-state index in [1.807, 2.05) is 12.1 Å². The van der Waals surface area contributed by atoms with Gasteiger partial charge in [-0.1, -0.05) is 12.1 Å². The zero-order valence-electron chi connectivity index (χ0n) is 10.5. The van der Waals surface area contributed by atoms with Gasteiger partial charge in [0.2, 0.25) is 11.3 Å². The molecule has 1 aromatic carbocycles. The second kappa shape index (κ2) is 4.52. The number of nitrogens with one attached hydrogen (secondary N) is 1. The van der Waals surface area contributed by atoms with Crippen molar-refractivity contribution in [2.24, 2.45) is 7.05 Å². The fraction of sp³-hybridized carbons (Fsp3) is 0.231. The van der Waals surface area contributed by atoms with Gasteiger partial charge in [0.15, 0.2) is 0 Å². The average Bonchev–Trinajstić information content (AvgIpc) is 2.41. The number of fused-ring (bicyclic) bond motifs is 1. The topological polar surface area (TPSA) is 60.3 Å². The van der Waals surface area contributed by atoms with Crippen molar-refractivity contribution in [2.45, 2.75) is 0 Å². The minimum Gasteiger partial charge on any atom is -0.481 e. The Hall–Kier alpha value is -2.30. The maximum Gasteiger partial charge on any atom is 0.260 e. The Morgan fingerprint density at radius 3 is 2.61 bits per heavy atom. The van der Waals surface area contributed by atoms with Crippen LogP contribution in [0.3, 0.4) is 0 Å². The summed E-state index contributed by atoms with van der Waals surface area (Å²) in [5.74, 6) is -0.184. The smallest absolute Gasteiger partial charge is 0.260 e. The second-order valence-corrected chi connectivity index (χ2v) is 3.87. The number of benzene rings is 1. The number of para-hydroxylation sites is 1. The van der Waals surface area contributed by atoms with Crippen molar-refractivity contribution >= 4 is 16.8 Å². The lowest BCUT2D eigenvalue weighted by Gasteiger charge is -2.14. The zero-order chi connectivity index (χ0) is 13.3. The van der Waals surface area contributed by atoms with Crippen LogP contribution in [0.25, 0.3) is 10.9 Å². The quantitative estimate of drug-likeness (QED) is 0.856. The molecule has 5 heteroatoms. The van der Waals surface area contributed by atoms with E-state index in [1.165, 1.54) is 14.2 Å². The van der Waals surface area contributed by atoms with Gasteiger partial charge in [-0.2, -0.15) is 0 Å². The first-order valence-electron chi connectivity index (χ1n) is 5.49. The Morgan fingerprint density at radius 2 is 2.00 bits per heavy atom. The highest BCUT2D eigenvalue weighted by molar-refractivity contribution is 5.99. The van der Waals surface area contributed by atoms with Crippen LogP contribution in [0.2, 0.25) is 0 Å². The first-order valence-corrected chi connectivity index (χ1v) is 5.49. The van der Waals surface area contributed by atoms with Crippen molar-refractivity contribution < 1.29 is 9.53 Å². The molecule has 18 heavy (non-hydrogen) atoms. The fourth-order valence-corrected chi connectivity index (χ4v) is 2.03. The molecule has 0 aliphatic heterocycles. The minimum atomic E-state index is -0.446. The summed E-state index contributed by atoms with van der Waals surface area (Å²) in [7, 11) is 4.68. The van der Waals surface area contributed by atoms with E-state index in [4.69, 9.17) is 4.74 Å². The molecule has 1 aromatic heterocycles. The van der Waals surface area contributed by atoms with E-state index in [2.05, 4.69) is 5.32 Å². The summed E-state index contributed by atoms with van der Waals surface area (Å²) in [6.45, 7) is 0. The van der Waals surface area contributed by atoms with Crippen LogP contribution < -0.4 is 15.5 Å². The van der Waals surface area contributed by atoms with Crippen LogP contribution in [0.1, 0.15) is 10.4 Å². The van der Waals surface area contributed by atoms with Crippen LogP contribution in [0.5, 0.6) is 5.88 Å². The maximum absolute atomic E-state index is 12.3. The molecule has 0 saturated heterocycles. The van der Waals surface area contributed by atoms with Gasteiger partial charge in [0.05, 0.1) is 12.6 Å². The van der Waals surface area contributed by atoms with Crippen LogP contribution in [0.15, 0.2) is 29.1 Å². The van der Waals surface area contributed by atoms with Crippen LogP contribution in [-0.4, -0.2) is 24.6 Å². The van der Waals surface area contributed by atoms with Crippen molar-refractivity contribution in [1.29, 1.82) is 0 Å². The monoisotopic (exact) mass is 246 g/mol. The molecule has 94 valence electrons. The number of hydrogen-bond acceptors (Lipinski definition) is 3. The van der Waals surface area contributed by atoms with E-state index in [1.54, 1.807) is 23.7 Å². The van der Waals surface area contributed by atoms with Gasteiger partial charge in [0, 0.05) is 19.5 Å². The van der Waals surface area contributed by atoms with E-state index < -0.39 is 5.91 Å². The molecule has 0 aliphatic rings. The van der Waals surface area contributed by atoms with Gasteiger partial charge < -0.3 is 14.6 Å². The Morgan fingerprint density at radius 1 is 1.33 bits per heavy atom. The van der Waals surface area contributed by atoms with E-state index in [9.17, 15) is 9.59 Å². The normalized spacial score (nSPS) is 10.4. The molecule has 0 atom stereocenters. The number of amides is 1. The van der Waals surface area contributed by atoms with Gasteiger partial charge in [-0.05, 0) is 12.1 Å². The average molecular weight is 246 g/mol. The number of ether oxygens (including phenoxy) is 1. The zero-order valence-corrected chi connectivity index (χ0v) is 10.5. The number of carbonyl (C=O) groups is 1. The van der Waals surface area contributed by atoms with Crippen LogP contribution >= 0.6 is 0 Å². The second-order valence-electron chi connectivity index (χ2n) is 3.87. The Bertz CT molecular complexity index is 674. The van der Waals surface area contributed by atoms with Gasteiger partial charge in [0.25, 0.3) is 5.91 Å². The summed E-state index contributed by atoms with van der Waals surface area (Å²) in [6, 6.07) is 7.11. The SMILES string of the molecule is CNC(=O)c1c(OC)n(C)c2ccccc2c1=O. The molecular weight excluding hydrogens is 232 g/mol. The van der Waals surface area contributed by atoms with Crippen molar-refractivity contribution in [3.8, 4) is 5.88 Å². The van der Waals surface area contributed by atoms with Crippen LogP contribution in [-0.2, 0) is 7.05 Å². The number of pyridine rings is 1. The van der Waals surface area contributed by atoms with E-state index >= 15 is 0 Å². The summed E-state index contributed by atoms with van der Waals surface area (Å²) in [5.41, 5.74) is 0.438. The number of nitrogens with zero attached hydrogens (tertiary/aromatic N) is 1. The van der Waals surface area contributed by atoms with Crippen LogP contribution in [0.4, 0.5) is 0 Å². The molecule has 0 saturated carbocycles. The molecule has 5 nitrogen and oxygen atoms in total. The van der Waals surface area contributed by atoms with Gasteiger partial charge in [-0.15, -0.1) is 0 Å². The summed E-state index contributed by atoms with van der Waals surface area (Å²) in [4.78, 5) is 24.1. The van der Waals surface area contributed by atoms with Crippen molar-refractivity contribution in [2.75, 3.05) is 14.2 Å². The van der Waals surface area contributed by atoms with Gasteiger partial charge >= 0.3 is 0 Å². The standard InChI is InChI=1S/C13H14N2O3/c1-14-12(17)10-11(16)8-6-4-5-7-9(8)15(2)13(10)18-3/h4-7H,1-3H3,(H,14,17). The fourth-order valence-electron chi connectivity index (χ4n) is 2.03. The lowest BCUT2D eigenvalue weighted by molar-refractivity contribution is 0.0957. The number of aromatic nitrogens is 1. The highest BCUT2D eigenvalue weighted by Gasteiger charge is 2.20. The molecule has 0 radical (unpaired) electrons. The van der Waals surface area contributed by atoms with Crippen LogP contribution in [0, 0.1) is 0 Å². The van der Waals surface area contributed by atoms with E-state index in [0.29, 0.717) is 5.39 Å². The molecule has 2 rings (SSSR count). The predicted molar refractivity (Wildman–Crippen MR) is 69.1 cm³/mol. The number of carbonyl (C=O) groups excluding carboxylic acids is 1. The third-order valence-electron chi connectivity index (χ3n) is 2.90. The number of rotatable bonds is 2. The maximum atomic E-state index is 12.3. The van der Waals surface area contributed by atoms with Crippen molar-refractivity contribution in [3.63, 3.8) is 0 Å².